The summed E-state index contributed by atoms with van der Waals surface area (Å²) in [4.78, 5) is 23.1. The number of hydrogen-bond acceptors (Lipinski definition) is 6. The lowest BCUT2D eigenvalue weighted by atomic mass is 10.1. The molecule has 2 aliphatic rings. The van der Waals surface area contributed by atoms with Gasteiger partial charge in [-0.25, -0.2) is 9.78 Å². The average Bonchev–Trinajstić information content (AvgIpc) is 3.03. The van der Waals surface area contributed by atoms with Gasteiger partial charge in [-0.2, -0.15) is 0 Å². The molecule has 150 valence electrons. The zero-order valence-corrected chi connectivity index (χ0v) is 17.0. The molecule has 2 aromatic rings. The van der Waals surface area contributed by atoms with Crippen molar-refractivity contribution in [2.75, 3.05) is 13.2 Å². The van der Waals surface area contributed by atoms with Gasteiger partial charge in [-0.1, -0.05) is 11.6 Å². The highest BCUT2D eigenvalue weighted by atomic mass is 35.5. The largest absolute Gasteiger partial charge is 0.471 e. The second-order valence-electron chi connectivity index (χ2n) is 8.13. The third-order valence-corrected chi connectivity index (χ3v) is 5.15. The highest BCUT2D eigenvalue weighted by Crippen LogP contribution is 2.35. The molecule has 0 aromatic carbocycles. The number of pyridine rings is 2. The number of halogens is 1. The zero-order valence-electron chi connectivity index (χ0n) is 16.2. The van der Waals surface area contributed by atoms with Crippen molar-refractivity contribution in [3.63, 3.8) is 0 Å². The van der Waals surface area contributed by atoms with Crippen LogP contribution in [0.5, 0.6) is 5.88 Å². The first-order chi connectivity index (χ1) is 13.3. The average molecular weight is 406 g/mol. The molecule has 1 saturated heterocycles. The van der Waals surface area contributed by atoms with Crippen LogP contribution in [0.1, 0.15) is 33.6 Å². The van der Waals surface area contributed by atoms with Crippen molar-refractivity contribution in [2.45, 2.75) is 57.5 Å². The third-order valence-electron chi connectivity index (χ3n) is 4.96. The van der Waals surface area contributed by atoms with Crippen LogP contribution in [0, 0.1) is 0 Å². The number of nitrogens with zero attached hydrogens (tertiary/aromatic N) is 3. The first kappa shape index (κ1) is 19.2. The predicted molar refractivity (Wildman–Crippen MR) is 105 cm³/mol. The minimum absolute atomic E-state index is 0.0721. The maximum atomic E-state index is 12.6. The highest BCUT2D eigenvalue weighted by molar-refractivity contribution is 6.30. The van der Waals surface area contributed by atoms with Gasteiger partial charge in [-0.3, -0.25) is 4.98 Å². The number of fused-ring (bicyclic) bond motifs is 2. The van der Waals surface area contributed by atoms with Gasteiger partial charge >= 0.3 is 6.09 Å². The minimum atomic E-state index is -0.532. The van der Waals surface area contributed by atoms with E-state index < -0.39 is 5.60 Å². The molecule has 0 N–H and O–H groups in total. The topological polar surface area (TPSA) is 73.8 Å². The van der Waals surface area contributed by atoms with E-state index in [1.807, 2.05) is 32.9 Å². The summed E-state index contributed by atoms with van der Waals surface area (Å²) >= 11 is 6.14. The van der Waals surface area contributed by atoms with Crippen molar-refractivity contribution in [3.05, 3.63) is 29.5 Å². The number of rotatable bonds is 2. The summed E-state index contributed by atoms with van der Waals surface area (Å²) in [6.45, 7) is 6.57. The Labute approximate surface area is 168 Å². The van der Waals surface area contributed by atoms with Crippen LogP contribution < -0.4 is 4.74 Å². The standard InChI is InChI=1S/C20H24ClN3O4/c1-20(2,3)28-19(25)24-9-10-26-17-14(24)6-7-15(17)27-18-12-5-4-8-22-13(12)11-16(21)23-18/h4-5,8,11,14-15,17H,6-7,9-10H2,1-3H3/t14?,15-,17+/m1/s1. The number of ether oxygens (including phenoxy) is 3. The van der Waals surface area contributed by atoms with Crippen LogP contribution in [0.25, 0.3) is 10.9 Å². The van der Waals surface area contributed by atoms with E-state index in [4.69, 9.17) is 25.8 Å². The SMILES string of the molecule is CC(C)(C)OC(=O)N1CCO[C@H]2C1CC[C@H]2Oc1nc(Cl)cc2ncccc12. The first-order valence-corrected chi connectivity index (χ1v) is 9.89. The van der Waals surface area contributed by atoms with E-state index in [1.54, 1.807) is 17.2 Å². The normalized spacial score (nSPS) is 24.9. The van der Waals surface area contributed by atoms with Crippen LogP contribution in [-0.2, 0) is 9.47 Å². The van der Waals surface area contributed by atoms with Gasteiger partial charge in [0, 0.05) is 18.8 Å². The molecule has 1 unspecified atom stereocenters. The van der Waals surface area contributed by atoms with Crippen molar-refractivity contribution >= 4 is 28.6 Å². The third kappa shape index (κ3) is 3.86. The molecular formula is C20H24ClN3O4. The Kier molecular flexibility index (Phi) is 5.05. The molecule has 7 nitrogen and oxygen atoms in total. The van der Waals surface area contributed by atoms with Gasteiger partial charge in [0.05, 0.1) is 23.6 Å². The molecule has 1 aliphatic heterocycles. The number of amides is 1. The second kappa shape index (κ2) is 7.37. The Balaban J connectivity index is 1.54. The van der Waals surface area contributed by atoms with Gasteiger partial charge in [0.2, 0.25) is 5.88 Å². The minimum Gasteiger partial charge on any atom is -0.471 e. The fourth-order valence-corrected chi connectivity index (χ4v) is 4.02. The maximum absolute atomic E-state index is 12.6. The summed E-state index contributed by atoms with van der Waals surface area (Å²) in [6, 6.07) is 5.38. The molecule has 1 saturated carbocycles. The van der Waals surface area contributed by atoms with Crippen LogP contribution in [0.4, 0.5) is 4.79 Å². The van der Waals surface area contributed by atoms with Crippen molar-refractivity contribution in [3.8, 4) is 5.88 Å². The monoisotopic (exact) mass is 405 g/mol. The molecule has 28 heavy (non-hydrogen) atoms. The lowest BCUT2D eigenvalue weighted by Gasteiger charge is -2.39. The number of carbonyl (C=O) groups excluding carboxylic acids is 1. The van der Waals surface area contributed by atoms with Crippen LogP contribution in [0.2, 0.25) is 5.15 Å². The highest BCUT2D eigenvalue weighted by Gasteiger charge is 2.47. The van der Waals surface area contributed by atoms with E-state index in [-0.39, 0.29) is 24.3 Å². The Hall–Kier alpha value is -2.12. The van der Waals surface area contributed by atoms with E-state index in [2.05, 4.69) is 9.97 Å². The van der Waals surface area contributed by atoms with Crippen molar-refractivity contribution in [1.29, 1.82) is 0 Å². The fourth-order valence-electron chi connectivity index (χ4n) is 3.84. The molecule has 1 aliphatic carbocycles. The number of hydrogen-bond donors (Lipinski definition) is 0. The maximum Gasteiger partial charge on any atom is 0.410 e. The molecule has 3 atom stereocenters. The van der Waals surface area contributed by atoms with Crippen LogP contribution in [0.3, 0.4) is 0 Å². The fraction of sp³-hybridized carbons (Fsp3) is 0.550. The molecule has 2 fully saturated rings. The van der Waals surface area contributed by atoms with E-state index in [0.29, 0.717) is 24.2 Å². The Morgan fingerprint density at radius 1 is 1.36 bits per heavy atom. The van der Waals surface area contributed by atoms with Gasteiger partial charge in [0.1, 0.15) is 23.0 Å². The van der Waals surface area contributed by atoms with Crippen LogP contribution in [-0.4, -0.2) is 58.0 Å². The lowest BCUT2D eigenvalue weighted by molar-refractivity contribution is -0.0905. The van der Waals surface area contributed by atoms with E-state index in [9.17, 15) is 4.79 Å². The van der Waals surface area contributed by atoms with E-state index in [1.165, 1.54) is 0 Å². The molecule has 0 spiro atoms. The quantitative estimate of drug-likeness (QED) is 0.707. The number of aromatic nitrogens is 2. The summed E-state index contributed by atoms with van der Waals surface area (Å²) in [7, 11) is 0. The molecule has 1 amide bonds. The van der Waals surface area contributed by atoms with Crippen LogP contribution in [0.15, 0.2) is 24.4 Å². The van der Waals surface area contributed by atoms with Crippen molar-refractivity contribution < 1.29 is 19.0 Å². The second-order valence-corrected chi connectivity index (χ2v) is 8.52. The van der Waals surface area contributed by atoms with Crippen molar-refractivity contribution in [2.24, 2.45) is 0 Å². The van der Waals surface area contributed by atoms with E-state index in [0.717, 1.165) is 23.7 Å². The first-order valence-electron chi connectivity index (χ1n) is 9.51. The summed E-state index contributed by atoms with van der Waals surface area (Å²) in [5.41, 5.74) is 0.197. The summed E-state index contributed by atoms with van der Waals surface area (Å²) < 4.78 is 17.8. The molecular weight excluding hydrogens is 382 g/mol. The summed E-state index contributed by atoms with van der Waals surface area (Å²) in [6.07, 6.45) is 2.49. The van der Waals surface area contributed by atoms with Gasteiger partial charge in [0.25, 0.3) is 0 Å². The smallest absolute Gasteiger partial charge is 0.410 e. The zero-order chi connectivity index (χ0) is 19.9. The van der Waals surface area contributed by atoms with Gasteiger partial charge in [-0.15, -0.1) is 0 Å². The predicted octanol–water partition coefficient (Wildman–Crippen LogP) is 3.83. The Morgan fingerprint density at radius 3 is 2.96 bits per heavy atom. The molecule has 4 rings (SSSR count). The van der Waals surface area contributed by atoms with Gasteiger partial charge < -0.3 is 19.1 Å². The summed E-state index contributed by atoms with van der Waals surface area (Å²) in [5.74, 6) is 0.444. The lowest BCUT2D eigenvalue weighted by Crippen LogP contribution is -2.55. The molecule has 8 heteroatoms. The van der Waals surface area contributed by atoms with Gasteiger partial charge in [-0.05, 0) is 45.7 Å². The van der Waals surface area contributed by atoms with E-state index >= 15 is 0 Å². The number of morpholine rings is 1. The number of carbonyl (C=O) groups is 1. The molecule has 0 radical (unpaired) electrons. The molecule has 2 aromatic heterocycles. The molecule has 3 heterocycles. The summed E-state index contributed by atoms with van der Waals surface area (Å²) in [5, 5.41) is 1.13. The van der Waals surface area contributed by atoms with Crippen LogP contribution >= 0.6 is 11.6 Å². The van der Waals surface area contributed by atoms with Crippen molar-refractivity contribution in [1.82, 2.24) is 14.9 Å². The van der Waals surface area contributed by atoms with Gasteiger partial charge in [0.15, 0.2) is 0 Å². The Bertz CT molecular complexity index is 885. The Morgan fingerprint density at radius 2 is 2.18 bits per heavy atom. The molecule has 0 bridgehead atoms.